The lowest BCUT2D eigenvalue weighted by Gasteiger charge is -2.27. The molecule has 0 saturated carbocycles. The van der Waals surface area contributed by atoms with Crippen molar-refractivity contribution in [3.05, 3.63) is 76.3 Å². The quantitative estimate of drug-likeness (QED) is 0.231. The van der Waals surface area contributed by atoms with Crippen molar-refractivity contribution in [3.8, 4) is 0 Å². The summed E-state index contributed by atoms with van der Waals surface area (Å²) in [4.78, 5) is 46.1. The van der Waals surface area contributed by atoms with Crippen molar-refractivity contribution in [1.82, 2.24) is 25.8 Å². The average Bonchev–Trinajstić information content (AvgIpc) is 3.38. The number of halogens is 1. The molecule has 224 valence electrons. The highest BCUT2D eigenvalue weighted by Gasteiger charge is 2.26. The Balaban J connectivity index is 1.45. The summed E-state index contributed by atoms with van der Waals surface area (Å²) in [5.74, 6) is 1.38. The number of nitrogens with zero attached hydrogens (tertiary/aromatic N) is 2. The van der Waals surface area contributed by atoms with Crippen molar-refractivity contribution in [2.45, 2.75) is 44.7 Å². The summed E-state index contributed by atoms with van der Waals surface area (Å²) < 4.78 is 0.921. The first-order valence-electron chi connectivity index (χ1n) is 14.3. The monoisotopic (exact) mass is 627 g/mol. The maximum Gasteiger partial charge on any atom is 0.247 e. The molecule has 8 nitrogen and oxygen atoms in total. The highest BCUT2D eigenvalue weighted by Crippen LogP contribution is 2.26. The maximum atomic E-state index is 13.7. The topological polar surface area (TPSA) is 103 Å². The van der Waals surface area contributed by atoms with Gasteiger partial charge in [-0.2, -0.15) is 11.8 Å². The summed E-state index contributed by atoms with van der Waals surface area (Å²) in [7, 11) is 0. The van der Waals surface area contributed by atoms with E-state index in [9.17, 15) is 14.4 Å². The predicted molar refractivity (Wildman–Crippen MR) is 173 cm³/mol. The summed E-state index contributed by atoms with van der Waals surface area (Å²) in [6, 6.07) is 14.1. The van der Waals surface area contributed by atoms with E-state index in [1.165, 1.54) is 11.3 Å². The standard InChI is InChI=1S/C31H38ClN5O3S2/c1-3-7-28(38)35-26(18-29-36-25-11-10-23(32)17-27(25)42-29)31(40)34-24(16-22-8-5-4-6-9-22)19-33-30(39)21(2)20-37-12-14-41-15-13-37/h4-6,8-11,17,24,26H,2-3,7,12-16,18-20H2,1H3,(H,33,39)(H,34,40)(H,35,38)/t24-,26-/m0/s1. The second-order valence-electron chi connectivity index (χ2n) is 10.4. The third-order valence-electron chi connectivity index (χ3n) is 6.92. The van der Waals surface area contributed by atoms with Crippen LogP contribution in [0.3, 0.4) is 0 Å². The van der Waals surface area contributed by atoms with Crippen LogP contribution in [0.15, 0.2) is 60.7 Å². The van der Waals surface area contributed by atoms with Crippen LogP contribution in [0, 0.1) is 0 Å². The van der Waals surface area contributed by atoms with E-state index in [4.69, 9.17) is 11.6 Å². The molecule has 2 heterocycles. The van der Waals surface area contributed by atoms with Crippen LogP contribution in [0.5, 0.6) is 0 Å². The Morgan fingerprint density at radius 1 is 1.07 bits per heavy atom. The lowest BCUT2D eigenvalue weighted by molar-refractivity contribution is -0.129. The zero-order chi connectivity index (χ0) is 29.9. The molecule has 0 radical (unpaired) electrons. The van der Waals surface area contributed by atoms with Crippen LogP contribution >= 0.6 is 34.7 Å². The molecule has 0 bridgehead atoms. The molecule has 1 aliphatic rings. The molecule has 0 unspecified atom stereocenters. The molecule has 0 aliphatic carbocycles. The fourth-order valence-electron chi connectivity index (χ4n) is 4.73. The summed E-state index contributed by atoms with van der Waals surface area (Å²) in [6.45, 7) is 8.57. The first-order valence-corrected chi connectivity index (χ1v) is 16.6. The molecule has 42 heavy (non-hydrogen) atoms. The number of carbonyl (C=O) groups is 3. The third kappa shape index (κ3) is 9.83. The molecule has 1 aliphatic heterocycles. The molecule has 11 heteroatoms. The lowest BCUT2D eigenvalue weighted by Crippen LogP contribution is -2.53. The van der Waals surface area contributed by atoms with Gasteiger partial charge in [0, 0.05) is 61.1 Å². The van der Waals surface area contributed by atoms with Gasteiger partial charge in [-0.3, -0.25) is 19.3 Å². The highest BCUT2D eigenvalue weighted by molar-refractivity contribution is 7.99. The molecular weight excluding hydrogens is 590 g/mol. The van der Waals surface area contributed by atoms with E-state index < -0.39 is 12.1 Å². The van der Waals surface area contributed by atoms with Crippen LogP contribution in [0.25, 0.3) is 10.2 Å². The zero-order valence-electron chi connectivity index (χ0n) is 23.9. The molecule has 1 saturated heterocycles. The zero-order valence-corrected chi connectivity index (χ0v) is 26.3. The average molecular weight is 628 g/mol. The van der Waals surface area contributed by atoms with E-state index in [0.29, 0.717) is 36.4 Å². The van der Waals surface area contributed by atoms with Gasteiger partial charge in [-0.05, 0) is 36.6 Å². The van der Waals surface area contributed by atoms with Gasteiger partial charge < -0.3 is 16.0 Å². The minimum Gasteiger partial charge on any atom is -0.350 e. The summed E-state index contributed by atoms with van der Waals surface area (Å²) >= 11 is 9.52. The normalized spacial score (nSPS) is 15.1. The minimum atomic E-state index is -0.819. The molecule has 2 aromatic carbocycles. The molecule has 0 spiro atoms. The van der Waals surface area contributed by atoms with Crippen LogP contribution < -0.4 is 16.0 Å². The first kappa shape index (κ1) is 32.0. The van der Waals surface area contributed by atoms with Crippen molar-refractivity contribution in [3.63, 3.8) is 0 Å². The van der Waals surface area contributed by atoms with Gasteiger partial charge in [0.05, 0.1) is 21.3 Å². The van der Waals surface area contributed by atoms with E-state index >= 15 is 0 Å². The first-order chi connectivity index (χ1) is 20.3. The van der Waals surface area contributed by atoms with Gasteiger partial charge >= 0.3 is 0 Å². The van der Waals surface area contributed by atoms with Gasteiger partial charge in [0.15, 0.2) is 0 Å². The van der Waals surface area contributed by atoms with E-state index in [2.05, 4.69) is 32.4 Å². The highest BCUT2D eigenvalue weighted by atomic mass is 35.5. The second kappa shape index (κ2) is 16.1. The van der Waals surface area contributed by atoms with E-state index in [1.54, 1.807) is 6.07 Å². The molecule has 3 N–H and O–H groups in total. The second-order valence-corrected chi connectivity index (χ2v) is 13.2. The summed E-state index contributed by atoms with van der Waals surface area (Å²) in [5, 5.41) is 10.3. The lowest BCUT2D eigenvalue weighted by atomic mass is 10.0. The van der Waals surface area contributed by atoms with Crippen LogP contribution in [0.1, 0.15) is 30.3 Å². The molecule has 1 fully saturated rings. The number of hydrogen-bond donors (Lipinski definition) is 3. The van der Waals surface area contributed by atoms with Crippen LogP contribution in [0.2, 0.25) is 5.02 Å². The van der Waals surface area contributed by atoms with Crippen molar-refractivity contribution >= 4 is 62.6 Å². The summed E-state index contributed by atoms with van der Waals surface area (Å²) in [5.41, 5.74) is 2.33. The van der Waals surface area contributed by atoms with Crippen LogP contribution in [0.4, 0.5) is 0 Å². The van der Waals surface area contributed by atoms with Crippen molar-refractivity contribution in [2.75, 3.05) is 37.7 Å². The van der Waals surface area contributed by atoms with Crippen molar-refractivity contribution < 1.29 is 14.4 Å². The number of hydrogen-bond acceptors (Lipinski definition) is 7. The number of amides is 3. The number of benzene rings is 2. The fourth-order valence-corrected chi connectivity index (χ4v) is 6.99. The Hall–Kier alpha value is -2.92. The van der Waals surface area contributed by atoms with Crippen LogP contribution in [-0.4, -0.2) is 77.4 Å². The smallest absolute Gasteiger partial charge is 0.247 e. The minimum absolute atomic E-state index is 0.192. The van der Waals surface area contributed by atoms with Crippen molar-refractivity contribution in [1.29, 1.82) is 0 Å². The number of fused-ring (bicyclic) bond motifs is 1. The van der Waals surface area contributed by atoms with Gasteiger partial charge in [-0.15, -0.1) is 11.3 Å². The Morgan fingerprint density at radius 3 is 2.57 bits per heavy atom. The number of thiazole rings is 1. The number of nitrogens with one attached hydrogen (secondary N) is 3. The Kier molecular flexibility index (Phi) is 12.2. The van der Waals surface area contributed by atoms with E-state index in [1.807, 2.05) is 61.2 Å². The van der Waals surface area contributed by atoms with Gasteiger partial charge in [0.25, 0.3) is 0 Å². The fraction of sp³-hybridized carbons (Fsp3) is 0.419. The Morgan fingerprint density at radius 2 is 1.83 bits per heavy atom. The van der Waals surface area contributed by atoms with E-state index in [0.717, 1.165) is 45.4 Å². The number of thioether (sulfide) groups is 1. The van der Waals surface area contributed by atoms with Gasteiger partial charge in [-0.1, -0.05) is 55.4 Å². The molecule has 1 aromatic heterocycles. The molecule has 3 amide bonds. The number of rotatable bonds is 14. The molecule has 2 atom stereocenters. The largest absolute Gasteiger partial charge is 0.350 e. The number of aromatic nitrogens is 1. The molecular formula is C31H38ClN5O3S2. The summed E-state index contributed by atoms with van der Waals surface area (Å²) in [6.07, 6.45) is 1.74. The molecule has 3 aromatic rings. The Labute approximate surface area is 260 Å². The van der Waals surface area contributed by atoms with Crippen molar-refractivity contribution in [2.24, 2.45) is 0 Å². The predicted octanol–water partition coefficient (Wildman–Crippen LogP) is 4.23. The van der Waals surface area contributed by atoms with E-state index in [-0.39, 0.29) is 30.7 Å². The van der Waals surface area contributed by atoms with Gasteiger partial charge in [0.1, 0.15) is 6.04 Å². The third-order valence-corrected chi connectivity index (χ3v) is 9.14. The maximum absolute atomic E-state index is 13.7. The van der Waals surface area contributed by atoms with Gasteiger partial charge in [0.2, 0.25) is 17.7 Å². The van der Waals surface area contributed by atoms with Gasteiger partial charge in [-0.25, -0.2) is 4.98 Å². The van der Waals surface area contributed by atoms with Crippen LogP contribution in [-0.2, 0) is 27.2 Å². The molecule has 4 rings (SSSR count). The SMILES string of the molecule is C=C(CN1CCSCC1)C(=O)NC[C@H](Cc1ccccc1)NC(=O)[C@H](Cc1nc2ccc(Cl)cc2s1)NC(=O)CCC. The Bertz CT molecular complexity index is 1380. The number of carbonyl (C=O) groups excluding carboxylic acids is 3.